The van der Waals surface area contributed by atoms with Crippen molar-refractivity contribution in [1.82, 2.24) is 0 Å². The number of hydrogen-bond donors (Lipinski definition) is 1. The molecule has 3 aromatic rings. The summed E-state index contributed by atoms with van der Waals surface area (Å²) in [5.74, 6) is -0.575. The number of aromatic nitrogens is 1. The number of aryl methyl sites for hydroxylation is 1. The molecule has 0 saturated heterocycles. The summed E-state index contributed by atoms with van der Waals surface area (Å²) in [4.78, 5) is 38.4. The van der Waals surface area contributed by atoms with E-state index in [4.69, 9.17) is 0 Å². The van der Waals surface area contributed by atoms with Crippen LogP contribution in [0, 0.1) is 13.8 Å². The molecule has 1 N–H and O–H groups in total. The molecule has 0 fully saturated rings. The highest BCUT2D eigenvalue weighted by Gasteiger charge is 2.30. The van der Waals surface area contributed by atoms with Crippen molar-refractivity contribution in [2.45, 2.75) is 26.8 Å². The lowest BCUT2D eigenvalue weighted by atomic mass is 9.84. The number of anilines is 1. The Morgan fingerprint density at radius 2 is 1.48 bits per heavy atom. The molecule has 1 aliphatic carbocycles. The molecule has 2 aromatic carbocycles. The molecule has 1 amide bonds. The summed E-state index contributed by atoms with van der Waals surface area (Å²) in [7, 11) is 0. The molecule has 4 rings (SSSR count). The zero-order chi connectivity index (χ0) is 20.7. The first kappa shape index (κ1) is 18.7. The number of ketones is 2. The third-order valence-electron chi connectivity index (χ3n) is 5.54. The summed E-state index contributed by atoms with van der Waals surface area (Å²) in [6.45, 7) is 5.80. The average molecular weight is 385 g/mol. The van der Waals surface area contributed by atoms with Crippen LogP contribution >= 0.6 is 0 Å². The summed E-state index contributed by atoms with van der Waals surface area (Å²) in [6.07, 6.45) is 1.87. The lowest BCUT2D eigenvalue weighted by Crippen LogP contribution is -2.47. The van der Waals surface area contributed by atoms with Gasteiger partial charge in [0.2, 0.25) is 6.04 Å². The van der Waals surface area contributed by atoms with E-state index >= 15 is 0 Å². The van der Waals surface area contributed by atoms with Gasteiger partial charge in [-0.3, -0.25) is 14.4 Å². The highest BCUT2D eigenvalue weighted by molar-refractivity contribution is 6.28. The fraction of sp³-hybridized carbons (Fsp3) is 0.167. The molecule has 0 aliphatic heterocycles. The topological polar surface area (TPSA) is 67.1 Å². The summed E-state index contributed by atoms with van der Waals surface area (Å²) < 4.78 is 1.91. The van der Waals surface area contributed by atoms with Crippen molar-refractivity contribution < 1.29 is 19.0 Å². The van der Waals surface area contributed by atoms with E-state index in [1.807, 2.05) is 43.7 Å². The first-order valence-corrected chi connectivity index (χ1v) is 9.49. The second-order valence-electron chi connectivity index (χ2n) is 7.31. The summed E-state index contributed by atoms with van der Waals surface area (Å²) >= 11 is 0. The van der Waals surface area contributed by atoms with Crippen LogP contribution in [0.15, 0.2) is 60.8 Å². The van der Waals surface area contributed by atoms with Crippen LogP contribution in [0.2, 0.25) is 0 Å². The SMILES string of the molecule is Cc1ccc[n+]([C@@H](C)C(=O)Nc2ccc3c(c2)C(=O)c2ccccc2C3=O)c1C. The minimum atomic E-state index is -0.427. The molecule has 29 heavy (non-hydrogen) atoms. The quantitative estimate of drug-likeness (QED) is 0.548. The number of carbonyl (C=O) groups excluding carboxylic acids is 3. The van der Waals surface area contributed by atoms with Gasteiger partial charge in [0.1, 0.15) is 0 Å². The van der Waals surface area contributed by atoms with Crippen LogP contribution < -0.4 is 9.88 Å². The molecule has 1 aliphatic rings. The normalized spacial score (nSPS) is 13.5. The molecule has 5 heteroatoms. The largest absolute Gasteiger partial charge is 0.320 e. The number of nitrogens with one attached hydrogen (secondary N) is 1. The number of carbonyl (C=O) groups is 3. The minimum Gasteiger partial charge on any atom is -0.320 e. The predicted molar refractivity (Wildman–Crippen MR) is 109 cm³/mol. The second-order valence-corrected chi connectivity index (χ2v) is 7.31. The maximum atomic E-state index is 12.9. The van der Waals surface area contributed by atoms with Crippen molar-refractivity contribution in [1.29, 1.82) is 0 Å². The Balaban J connectivity index is 1.63. The number of hydrogen-bond acceptors (Lipinski definition) is 3. The van der Waals surface area contributed by atoms with E-state index in [1.165, 1.54) is 0 Å². The van der Waals surface area contributed by atoms with E-state index in [9.17, 15) is 14.4 Å². The van der Waals surface area contributed by atoms with Gasteiger partial charge in [0.05, 0.1) is 0 Å². The molecule has 0 spiro atoms. The van der Waals surface area contributed by atoms with E-state index in [1.54, 1.807) is 42.5 Å². The molecule has 144 valence electrons. The van der Waals surface area contributed by atoms with Crippen LogP contribution in [0.25, 0.3) is 0 Å². The van der Waals surface area contributed by atoms with E-state index in [0.717, 1.165) is 11.3 Å². The van der Waals surface area contributed by atoms with Crippen LogP contribution in [-0.4, -0.2) is 17.5 Å². The Hall–Kier alpha value is -3.60. The monoisotopic (exact) mass is 385 g/mol. The van der Waals surface area contributed by atoms with Gasteiger partial charge in [0.25, 0.3) is 5.91 Å². The van der Waals surface area contributed by atoms with Crippen molar-refractivity contribution >= 4 is 23.2 Å². The van der Waals surface area contributed by atoms with Crippen molar-refractivity contribution in [3.05, 3.63) is 94.3 Å². The van der Waals surface area contributed by atoms with Gasteiger partial charge in [-0.15, -0.1) is 0 Å². The number of benzene rings is 2. The predicted octanol–water partition coefficient (Wildman–Crippen LogP) is 3.57. The summed E-state index contributed by atoms with van der Waals surface area (Å²) in [5.41, 5.74) is 4.10. The highest BCUT2D eigenvalue weighted by Crippen LogP contribution is 2.29. The lowest BCUT2D eigenvalue weighted by Gasteiger charge is -2.18. The fourth-order valence-electron chi connectivity index (χ4n) is 3.69. The highest BCUT2D eigenvalue weighted by atomic mass is 16.2. The Morgan fingerprint density at radius 3 is 2.17 bits per heavy atom. The minimum absolute atomic E-state index is 0.174. The van der Waals surface area contributed by atoms with Crippen molar-refractivity contribution in [3.63, 3.8) is 0 Å². The fourth-order valence-corrected chi connectivity index (χ4v) is 3.69. The van der Waals surface area contributed by atoms with Crippen molar-refractivity contribution in [2.24, 2.45) is 0 Å². The molecule has 0 bridgehead atoms. The lowest BCUT2D eigenvalue weighted by molar-refractivity contribution is -0.711. The van der Waals surface area contributed by atoms with Crippen LogP contribution in [0.3, 0.4) is 0 Å². The molecule has 0 saturated carbocycles. The standard InChI is InChI=1S/C24H20N2O3/c1-14-7-6-12-26(15(14)2)16(3)24(29)25-17-10-11-20-21(13-17)23(28)19-9-5-4-8-18(19)22(20)27/h4-13,16H,1-3H3/p+1/t16-/m0/s1. The molecule has 1 aromatic heterocycles. The van der Waals surface area contributed by atoms with Crippen molar-refractivity contribution in [3.8, 4) is 0 Å². The van der Waals surface area contributed by atoms with E-state index in [0.29, 0.717) is 27.9 Å². The zero-order valence-electron chi connectivity index (χ0n) is 16.5. The first-order valence-electron chi connectivity index (χ1n) is 9.49. The molecule has 1 heterocycles. The maximum absolute atomic E-state index is 12.9. The molecule has 0 radical (unpaired) electrons. The maximum Gasteiger partial charge on any atom is 0.293 e. The second kappa shape index (κ2) is 7.09. The van der Waals surface area contributed by atoms with Crippen LogP contribution in [0.5, 0.6) is 0 Å². The van der Waals surface area contributed by atoms with E-state index in [-0.39, 0.29) is 17.5 Å². The molecule has 5 nitrogen and oxygen atoms in total. The van der Waals surface area contributed by atoms with E-state index < -0.39 is 6.04 Å². The van der Waals surface area contributed by atoms with Gasteiger partial charge in [-0.25, -0.2) is 0 Å². The molecule has 0 unspecified atom stereocenters. The van der Waals surface area contributed by atoms with Crippen LogP contribution in [0.1, 0.15) is 56.1 Å². The third kappa shape index (κ3) is 3.14. The number of amides is 1. The average Bonchev–Trinajstić information content (AvgIpc) is 2.73. The molecule has 1 atom stereocenters. The smallest absolute Gasteiger partial charge is 0.293 e. The Bertz CT molecular complexity index is 1180. The van der Waals surface area contributed by atoms with Gasteiger partial charge in [-0.2, -0.15) is 4.57 Å². The Kier molecular flexibility index (Phi) is 4.59. The molecular formula is C24H21N2O3+. The zero-order valence-corrected chi connectivity index (χ0v) is 16.5. The molecular weight excluding hydrogens is 364 g/mol. The van der Waals surface area contributed by atoms with Gasteiger partial charge in [-0.05, 0) is 31.2 Å². The number of fused-ring (bicyclic) bond motifs is 2. The van der Waals surface area contributed by atoms with Gasteiger partial charge >= 0.3 is 0 Å². The number of pyridine rings is 1. The number of nitrogens with zero attached hydrogens (tertiary/aromatic N) is 1. The van der Waals surface area contributed by atoms with Gasteiger partial charge in [-0.1, -0.05) is 24.3 Å². The van der Waals surface area contributed by atoms with Gasteiger partial charge in [0.15, 0.2) is 23.5 Å². The summed E-state index contributed by atoms with van der Waals surface area (Å²) in [5, 5.41) is 2.87. The summed E-state index contributed by atoms with van der Waals surface area (Å²) in [6, 6.07) is 15.1. The van der Waals surface area contributed by atoms with Gasteiger partial charge in [0, 0.05) is 53.4 Å². The third-order valence-corrected chi connectivity index (χ3v) is 5.54. The Labute approximate surface area is 169 Å². The first-order chi connectivity index (χ1) is 13.9. The van der Waals surface area contributed by atoms with Crippen molar-refractivity contribution in [2.75, 3.05) is 5.32 Å². The van der Waals surface area contributed by atoms with Crippen LogP contribution in [-0.2, 0) is 4.79 Å². The van der Waals surface area contributed by atoms with Crippen LogP contribution in [0.4, 0.5) is 5.69 Å². The van der Waals surface area contributed by atoms with Gasteiger partial charge < -0.3 is 5.32 Å². The Morgan fingerprint density at radius 1 is 0.862 bits per heavy atom. The number of rotatable bonds is 3. The van der Waals surface area contributed by atoms with E-state index in [2.05, 4.69) is 5.32 Å².